The zero-order chi connectivity index (χ0) is 19.5. The summed E-state index contributed by atoms with van der Waals surface area (Å²) < 4.78 is 6.96. The van der Waals surface area contributed by atoms with Crippen molar-refractivity contribution >= 4 is 33.5 Å². The number of hydrogen-bond acceptors (Lipinski definition) is 6. The maximum Gasteiger partial charge on any atom is 0.317 e. The number of carbonyl (C=O) groups is 2. The van der Waals surface area contributed by atoms with E-state index in [9.17, 15) is 9.59 Å². The highest BCUT2D eigenvalue weighted by molar-refractivity contribution is 7.21. The number of fused-ring (bicyclic) bond motifs is 1. The van der Waals surface area contributed by atoms with Crippen LogP contribution >= 0.6 is 11.3 Å². The Balaban J connectivity index is 1.31. The summed E-state index contributed by atoms with van der Waals surface area (Å²) in [4.78, 5) is 31.6. The molecule has 0 atom stereocenters. The number of nitrogens with zero attached hydrogens (tertiary/aromatic N) is 3. The molecule has 3 aromatic rings. The summed E-state index contributed by atoms with van der Waals surface area (Å²) in [5.41, 5.74) is 6.16. The van der Waals surface area contributed by atoms with Gasteiger partial charge in [0.25, 0.3) is 0 Å². The van der Waals surface area contributed by atoms with Crippen LogP contribution in [0.2, 0.25) is 0 Å². The molecule has 1 fully saturated rings. The first-order valence-electron chi connectivity index (χ1n) is 9.06. The van der Waals surface area contributed by atoms with Gasteiger partial charge in [0, 0.05) is 26.2 Å². The first-order valence-corrected chi connectivity index (χ1v) is 9.88. The minimum atomic E-state index is -0.348. The molecule has 3 amide bonds. The van der Waals surface area contributed by atoms with E-state index in [4.69, 9.17) is 10.2 Å². The van der Waals surface area contributed by atoms with E-state index in [0.717, 1.165) is 15.2 Å². The monoisotopic (exact) mass is 399 g/mol. The van der Waals surface area contributed by atoms with E-state index in [1.807, 2.05) is 41.3 Å². The number of furan rings is 1. The maximum atomic E-state index is 12.3. The van der Waals surface area contributed by atoms with E-state index in [2.05, 4.69) is 10.3 Å². The van der Waals surface area contributed by atoms with Crippen LogP contribution in [0.4, 0.5) is 4.79 Å². The second kappa shape index (κ2) is 7.99. The number of carbonyl (C=O) groups excluding carboxylic acids is 2. The highest BCUT2D eigenvalue weighted by Gasteiger charge is 2.22. The summed E-state index contributed by atoms with van der Waals surface area (Å²) in [7, 11) is 0. The smallest absolute Gasteiger partial charge is 0.317 e. The molecule has 3 heterocycles. The van der Waals surface area contributed by atoms with Crippen LogP contribution in [0.25, 0.3) is 21.0 Å². The molecule has 0 aliphatic carbocycles. The van der Waals surface area contributed by atoms with Gasteiger partial charge in [0.1, 0.15) is 5.76 Å². The first-order chi connectivity index (χ1) is 13.6. The Morgan fingerprint density at radius 3 is 2.68 bits per heavy atom. The van der Waals surface area contributed by atoms with Gasteiger partial charge in [0.2, 0.25) is 5.91 Å². The van der Waals surface area contributed by atoms with Gasteiger partial charge in [-0.25, -0.2) is 9.78 Å². The summed E-state index contributed by atoms with van der Waals surface area (Å²) in [6.07, 6.45) is 0. The number of primary amides is 1. The summed E-state index contributed by atoms with van der Waals surface area (Å²) >= 11 is 1.58. The zero-order valence-electron chi connectivity index (χ0n) is 15.3. The molecule has 28 heavy (non-hydrogen) atoms. The van der Waals surface area contributed by atoms with E-state index in [-0.39, 0.29) is 18.5 Å². The molecule has 4 rings (SSSR count). The van der Waals surface area contributed by atoms with Gasteiger partial charge >= 0.3 is 6.03 Å². The first kappa shape index (κ1) is 18.5. The lowest BCUT2D eigenvalue weighted by Gasteiger charge is -2.33. The lowest BCUT2D eigenvalue weighted by Crippen LogP contribution is -2.53. The highest BCUT2D eigenvalue weighted by atomic mass is 32.1. The molecule has 1 aliphatic rings. The summed E-state index contributed by atoms with van der Waals surface area (Å²) in [5, 5.41) is 3.71. The number of aromatic nitrogens is 1. The van der Waals surface area contributed by atoms with Crippen LogP contribution in [-0.2, 0) is 11.3 Å². The number of benzene rings is 1. The fourth-order valence-corrected chi connectivity index (χ4v) is 4.10. The Kier molecular flexibility index (Phi) is 5.27. The molecule has 1 aromatic carbocycles. The van der Waals surface area contributed by atoms with Gasteiger partial charge in [-0.1, -0.05) is 12.1 Å². The summed E-state index contributed by atoms with van der Waals surface area (Å²) in [6, 6.07) is 11.5. The standard InChI is InChI=1S/C19H21N5O3S/c20-17(25)12-23-7-9-24(10-8-23)19(26)21-11-13-5-6-15(27-13)18-22-14-3-1-2-4-16(14)28-18/h1-6H,7-12H2,(H2,20,25)(H,21,26). The molecular formula is C19H21N5O3S. The van der Waals surface area contributed by atoms with Crippen molar-refractivity contribution in [1.29, 1.82) is 0 Å². The molecule has 0 saturated carbocycles. The molecule has 8 nitrogen and oxygen atoms in total. The Morgan fingerprint density at radius 1 is 1.14 bits per heavy atom. The number of nitrogens with two attached hydrogens (primary N) is 1. The quantitative estimate of drug-likeness (QED) is 0.681. The predicted octanol–water partition coefficient (Wildman–Crippen LogP) is 1.87. The molecule has 0 spiro atoms. The third-order valence-electron chi connectivity index (χ3n) is 4.62. The van der Waals surface area contributed by atoms with Crippen molar-refractivity contribution in [2.24, 2.45) is 5.73 Å². The van der Waals surface area contributed by atoms with Crippen LogP contribution in [0.5, 0.6) is 0 Å². The number of thiazole rings is 1. The van der Waals surface area contributed by atoms with Crippen molar-refractivity contribution in [2.45, 2.75) is 6.54 Å². The summed E-state index contributed by atoms with van der Waals surface area (Å²) in [6.45, 7) is 2.95. The third kappa shape index (κ3) is 4.15. The molecule has 0 bridgehead atoms. The van der Waals surface area contributed by atoms with Gasteiger partial charge in [0.05, 0.1) is 23.3 Å². The average Bonchev–Trinajstić information content (AvgIpc) is 3.33. The summed E-state index contributed by atoms with van der Waals surface area (Å²) in [5.74, 6) is 1.03. The van der Waals surface area contributed by atoms with Crippen molar-refractivity contribution in [3.05, 3.63) is 42.2 Å². The van der Waals surface area contributed by atoms with Crippen molar-refractivity contribution in [3.8, 4) is 10.8 Å². The van der Waals surface area contributed by atoms with Crippen LogP contribution in [0.15, 0.2) is 40.8 Å². The minimum Gasteiger partial charge on any atom is -0.457 e. The van der Waals surface area contributed by atoms with Crippen LogP contribution < -0.4 is 11.1 Å². The number of para-hydroxylation sites is 1. The van der Waals surface area contributed by atoms with Crippen molar-refractivity contribution in [2.75, 3.05) is 32.7 Å². The number of hydrogen-bond donors (Lipinski definition) is 2. The number of amides is 3. The topological polar surface area (TPSA) is 105 Å². The normalized spacial score (nSPS) is 15.1. The van der Waals surface area contributed by atoms with Crippen LogP contribution in [-0.4, -0.2) is 59.4 Å². The van der Waals surface area contributed by atoms with E-state index in [0.29, 0.717) is 44.2 Å². The van der Waals surface area contributed by atoms with Crippen LogP contribution in [0.1, 0.15) is 5.76 Å². The third-order valence-corrected chi connectivity index (χ3v) is 5.67. The molecule has 2 aromatic heterocycles. The van der Waals surface area contributed by atoms with E-state index in [1.54, 1.807) is 16.2 Å². The van der Waals surface area contributed by atoms with Crippen LogP contribution in [0, 0.1) is 0 Å². The zero-order valence-corrected chi connectivity index (χ0v) is 16.1. The highest BCUT2D eigenvalue weighted by Crippen LogP contribution is 2.31. The fraction of sp³-hybridized carbons (Fsp3) is 0.316. The lowest BCUT2D eigenvalue weighted by atomic mass is 10.3. The molecule has 3 N–H and O–H groups in total. The van der Waals surface area contributed by atoms with E-state index in [1.165, 1.54) is 0 Å². The molecule has 9 heteroatoms. The molecule has 1 saturated heterocycles. The maximum absolute atomic E-state index is 12.3. The van der Waals surface area contributed by atoms with Gasteiger partial charge in [-0.05, 0) is 24.3 Å². The number of rotatable bonds is 5. The Morgan fingerprint density at radius 2 is 1.93 bits per heavy atom. The Hall–Kier alpha value is -2.91. The fourth-order valence-electron chi connectivity index (χ4n) is 3.17. The predicted molar refractivity (Wildman–Crippen MR) is 107 cm³/mol. The van der Waals surface area contributed by atoms with Gasteiger partial charge < -0.3 is 20.4 Å². The van der Waals surface area contributed by atoms with Crippen molar-refractivity contribution in [3.63, 3.8) is 0 Å². The van der Waals surface area contributed by atoms with Crippen molar-refractivity contribution < 1.29 is 14.0 Å². The number of piperazine rings is 1. The molecular weight excluding hydrogens is 378 g/mol. The van der Waals surface area contributed by atoms with Crippen molar-refractivity contribution in [1.82, 2.24) is 20.1 Å². The SMILES string of the molecule is NC(=O)CN1CCN(C(=O)NCc2ccc(-c3nc4ccccc4s3)o2)CC1. The molecule has 0 radical (unpaired) electrons. The van der Waals surface area contributed by atoms with Crippen LogP contribution in [0.3, 0.4) is 0 Å². The van der Waals surface area contributed by atoms with Gasteiger partial charge in [-0.2, -0.15) is 0 Å². The molecule has 146 valence electrons. The minimum absolute atomic E-state index is 0.142. The van der Waals surface area contributed by atoms with E-state index >= 15 is 0 Å². The average molecular weight is 399 g/mol. The second-order valence-electron chi connectivity index (χ2n) is 6.64. The lowest BCUT2D eigenvalue weighted by molar-refractivity contribution is -0.119. The van der Waals surface area contributed by atoms with E-state index < -0.39 is 0 Å². The number of urea groups is 1. The molecule has 1 aliphatic heterocycles. The largest absolute Gasteiger partial charge is 0.457 e. The van der Waals surface area contributed by atoms with Gasteiger partial charge in [-0.3, -0.25) is 9.69 Å². The molecule has 0 unspecified atom stereocenters. The second-order valence-corrected chi connectivity index (χ2v) is 7.67. The Bertz CT molecular complexity index is 957. The number of nitrogens with one attached hydrogen (secondary N) is 1. The van der Waals surface area contributed by atoms with Gasteiger partial charge in [0.15, 0.2) is 10.8 Å². The Labute approximate surface area is 165 Å². The van der Waals surface area contributed by atoms with Gasteiger partial charge in [-0.15, -0.1) is 11.3 Å².